The molecule has 1 N–H and O–H groups in total. The SMILES string of the molecule is Cn1nnc(C2(NC(=O)OCc3ccccc3)CC2)n1. The summed E-state index contributed by atoms with van der Waals surface area (Å²) in [5.41, 5.74) is 0.451. The Bertz CT molecular complexity index is 606. The molecule has 1 amide bonds. The van der Waals surface area contributed by atoms with Gasteiger partial charge in [0.2, 0.25) is 0 Å². The molecule has 1 heterocycles. The standard InChI is InChI=1S/C13H15N5O2/c1-18-16-11(15-17-18)13(7-8-13)14-12(19)20-9-10-5-3-2-4-6-10/h2-6H,7-9H2,1H3,(H,14,19). The zero-order valence-corrected chi connectivity index (χ0v) is 11.1. The molecule has 0 radical (unpaired) electrons. The number of ether oxygens (including phenoxy) is 1. The van der Waals surface area contributed by atoms with Crippen LogP contribution in [0.1, 0.15) is 24.2 Å². The first-order chi connectivity index (χ1) is 9.68. The number of rotatable bonds is 4. The van der Waals surface area contributed by atoms with Crippen LogP contribution in [0.5, 0.6) is 0 Å². The predicted octanol–water partition coefficient (Wildman–Crippen LogP) is 1.13. The number of alkyl carbamates (subject to hydrolysis) is 1. The number of nitrogens with one attached hydrogen (secondary N) is 1. The van der Waals surface area contributed by atoms with Gasteiger partial charge < -0.3 is 10.1 Å². The predicted molar refractivity (Wildman–Crippen MR) is 69.5 cm³/mol. The van der Waals surface area contributed by atoms with Gasteiger partial charge in [-0.15, -0.1) is 10.2 Å². The molecule has 1 aliphatic rings. The lowest BCUT2D eigenvalue weighted by Crippen LogP contribution is -2.36. The van der Waals surface area contributed by atoms with Gasteiger partial charge >= 0.3 is 6.09 Å². The maximum atomic E-state index is 11.8. The topological polar surface area (TPSA) is 81.9 Å². The summed E-state index contributed by atoms with van der Waals surface area (Å²) < 4.78 is 5.20. The lowest BCUT2D eigenvalue weighted by atomic mass is 10.2. The Morgan fingerprint density at radius 1 is 1.40 bits per heavy atom. The van der Waals surface area contributed by atoms with Crippen molar-refractivity contribution in [2.24, 2.45) is 7.05 Å². The quantitative estimate of drug-likeness (QED) is 0.902. The van der Waals surface area contributed by atoms with E-state index in [-0.39, 0.29) is 6.61 Å². The number of hydrogen-bond acceptors (Lipinski definition) is 5. The molecule has 1 aliphatic carbocycles. The van der Waals surface area contributed by atoms with Gasteiger partial charge in [0.1, 0.15) is 12.1 Å². The Balaban J connectivity index is 1.57. The number of tetrazole rings is 1. The largest absolute Gasteiger partial charge is 0.445 e. The highest BCUT2D eigenvalue weighted by Crippen LogP contribution is 2.43. The molecular weight excluding hydrogens is 258 g/mol. The van der Waals surface area contributed by atoms with Gasteiger partial charge in [-0.3, -0.25) is 0 Å². The Morgan fingerprint density at radius 2 is 2.15 bits per heavy atom. The van der Waals surface area contributed by atoms with Crippen molar-refractivity contribution in [3.8, 4) is 0 Å². The first kappa shape index (κ1) is 12.6. The summed E-state index contributed by atoms with van der Waals surface area (Å²) in [6, 6.07) is 9.54. The molecular formula is C13H15N5O2. The Morgan fingerprint density at radius 3 is 2.75 bits per heavy atom. The van der Waals surface area contributed by atoms with E-state index in [9.17, 15) is 4.79 Å². The maximum absolute atomic E-state index is 11.8. The second-order valence-electron chi connectivity index (χ2n) is 4.87. The number of aryl methyl sites for hydroxylation is 1. The third-order valence-electron chi connectivity index (χ3n) is 3.24. The molecule has 7 heteroatoms. The van der Waals surface area contributed by atoms with E-state index < -0.39 is 11.6 Å². The number of carbonyl (C=O) groups is 1. The van der Waals surface area contributed by atoms with E-state index in [1.54, 1.807) is 7.05 Å². The first-order valence-corrected chi connectivity index (χ1v) is 6.41. The summed E-state index contributed by atoms with van der Waals surface area (Å²) in [7, 11) is 1.69. The highest BCUT2D eigenvalue weighted by Gasteiger charge is 2.50. The van der Waals surface area contributed by atoms with Crippen LogP contribution in [0.25, 0.3) is 0 Å². The van der Waals surface area contributed by atoms with Crippen LogP contribution in [0, 0.1) is 0 Å². The molecule has 0 spiro atoms. The maximum Gasteiger partial charge on any atom is 0.408 e. The molecule has 3 rings (SSSR count). The fourth-order valence-corrected chi connectivity index (χ4v) is 1.96. The van der Waals surface area contributed by atoms with Crippen molar-refractivity contribution < 1.29 is 9.53 Å². The van der Waals surface area contributed by atoms with Crippen molar-refractivity contribution in [3.05, 3.63) is 41.7 Å². The van der Waals surface area contributed by atoms with Crippen LogP contribution >= 0.6 is 0 Å². The molecule has 0 bridgehead atoms. The van der Waals surface area contributed by atoms with Gasteiger partial charge in [0.25, 0.3) is 0 Å². The number of benzene rings is 1. The number of amides is 1. The average Bonchev–Trinajstić information content (AvgIpc) is 3.10. The van der Waals surface area contributed by atoms with E-state index >= 15 is 0 Å². The lowest BCUT2D eigenvalue weighted by Gasteiger charge is -2.13. The van der Waals surface area contributed by atoms with Crippen LogP contribution in [0.4, 0.5) is 4.79 Å². The van der Waals surface area contributed by atoms with E-state index in [4.69, 9.17) is 4.74 Å². The van der Waals surface area contributed by atoms with Gasteiger partial charge in [-0.25, -0.2) is 4.79 Å². The third kappa shape index (κ3) is 2.61. The molecule has 7 nitrogen and oxygen atoms in total. The summed E-state index contributed by atoms with van der Waals surface area (Å²) in [5, 5.41) is 14.7. The highest BCUT2D eigenvalue weighted by atomic mass is 16.5. The third-order valence-corrected chi connectivity index (χ3v) is 3.24. The molecule has 1 aromatic carbocycles. The minimum Gasteiger partial charge on any atom is -0.445 e. The summed E-state index contributed by atoms with van der Waals surface area (Å²) in [5.74, 6) is 0.539. The molecule has 0 unspecified atom stereocenters. The van der Waals surface area contributed by atoms with Crippen molar-refractivity contribution in [2.75, 3.05) is 0 Å². The fourth-order valence-electron chi connectivity index (χ4n) is 1.96. The summed E-state index contributed by atoms with van der Waals surface area (Å²) in [6.07, 6.45) is 1.15. The second-order valence-corrected chi connectivity index (χ2v) is 4.87. The van der Waals surface area contributed by atoms with Gasteiger partial charge in [-0.1, -0.05) is 30.3 Å². The zero-order chi connectivity index (χ0) is 14.0. The number of hydrogen-bond donors (Lipinski definition) is 1. The van der Waals surface area contributed by atoms with Crippen LogP contribution in [0.2, 0.25) is 0 Å². The normalized spacial score (nSPS) is 15.7. The highest BCUT2D eigenvalue weighted by molar-refractivity contribution is 5.69. The average molecular weight is 273 g/mol. The molecule has 0 aliphatic heterocycles. The van der Waals surface area contributed by atoms with Crippen LogP contribution in [-0.2, 0) is 23.9 Å². The van der Waals surface area contributed by atoms with Gasteiger partial charge in [0, 0.05) is 0 Å². The first-order valence-electron chi connectivity index (χ1n) is 6.41. The van der Waals surface area contributed by atoms with Crippen LogP contribution < -0.4 is 5.32 Å². The van der Waals surface area contributed by atoms with E-state index in [0.29, 0.717) is 5.82 Å². The van der Waals surface area contributed by atoms with E-state index in [1.165, 1.54) is 4.80 Å². The van der Waals surface area contributed by atoms with Crippen molar-refractivity contribution in [2.45, 2.75) is 25.0 Å². The van der Waals surface area contributed by atoms with Crippen molar-refractivity contribution >= 4 is 6.09 Å². The van der Waals surface area contributed by atoms with Crippen molar-refractivity contribution in [3.63, 3.8) is 0 Å². The molecule has 1 aromatic heterocycles. The summed E-state index contributed by atoms with van der Waals surface area (Å²) >= 11 is 0. The molecule has 0 saturated heterocycles. The van der Waals surface area contributed by atoms with Gasteiger partial charge in [-0.05, 0) is 23.6 Å². The van der Waals surface area contributed by atoms with Gasteiger partial charge in [0.05, 0.1) is 7.05 Å². The zero-order valence-electron chi connectivity index (χ0n) is 11.1. The Kier molecular flexibility index (Phi) is 3.09. The lowest BCUT2D eigenvalue weighted by molar-refractivity contribution is 0.133. The number of carbonyl (C=O) groups excluding carboxylic acids is 1. The Hall–Kier alpha value is -2.44. The molecule has 2 aromatic rings. The monoisotopic (exact) mass is 273 g/mol. The minimum absolute atomic E-state index is 0.247. The second kappa shape index (κ2) is 4.92. The number of nitrogens with zero attached hydrogens (tertiary/aromatic N) is 4. The fraction of sp³-hybridized carbons (Fsp3) is 0.385. The van der Waals surface area contributed by atoms with Crippen LogP contribution in [0.15, 0.2) is 30.3 Å². The van der Waals surface area contributed by atoms with E-state index in [2.05, 4.69) is 20.7 Å². The minimum atomic E-state index is -0.498. The molecule has 20 heavy (non-hydrogen) atoms. The van der Waals surface area contributed by atoms with Crippen LogP contribution in [0.3, 0.4) is 0 Å². The summed E-state index contributed by atoms with van der Waals surface area (Å²) in [6.45, 7) is 0.247. The van der Waals surface area contributed by atoms with E-state index in [0.717, 1.165) is 18.4 Å². The van der Waals surface area contributed by atoms with Crippen molar-refractivity contribution in [1.29, 1.82) is 0 Å². The van der Waals surface area contributed by atoms with Crippen molar-refractivity contribution in [1.82, 2.24) is 25.5 Å². The molecule has 104 valence electrons. The van der Waals surface area contributed by atoms with Gasteiger partial charge in [0.15, 0.2) is 5.82 Å². The molecule has 1 fully saturated rings. The smallest absolute Gasteiger partial charge is 0.408 e. The molecule has 0 atom stereocenters. The Labute approximate surface area is 115 Å². The van der Waals surface area contributed by atoms with Crippen LogP contribution in [-0.4, -0.2) is 26.3 Å². The number of aromatic nitrogens is 4. The van der Waals surface area contributed by atoms with Gasteiger partial charge in [-0.2, -0.15) is 4.80 Å². The summed E-state index contributed by atoms with van der Waals surface area (Å²) in [4.78, 5) is 13.2. The molecule has 1 saturated carbocycles. The van der Waals surface area contributed by atoms with E-state index in [1.807, 2.05) is 30.3 Å².